The van der Waals surface area contributed by atoms with Gasteiger partial charge in [-0.15, -0.1) is 0 Å². The number of nitrogens with zero attached hydrogens (tertiary/aromatic N) is 1. The number of rotatable bonds is 3. The highest BCUT2D eigenvalue weighted by atomic mass is 35.5. The van der Waals surface area contributed by atoms with Gasteiger partial charge in [0.1, 0.15) is 5.75 Å². The van der Waals surface area contributed by atoms with Gasteiger partial charge >= 0.3 is 5.97 Å². The van der Waals surface area contributed by atoms with Gasteiger partial charge in [0.15, 0.2) is 17.0 Å². The number of ether oxygens (including phenoxy) is 2. The Morgan fingerprint density at radius 1 is 1.30 bits per heavy atom. The minimum absolute atomic E-state index is 0.157. The number of aromatic hydroxyl groups is 1. The predicted octanol–water partition coefficient (Wildman–Crippen LogP) is 4.07. The smallest absolute Gasteiger partial charge is 0.360 e. The lowest BCUT2D eigenvalue weighted by atomic mass is 10.2. The van der Waals surface area contributed by atoms with E-state index in [2.05, 4.69) is 9.72 Å². The predicted molar refractivity (Wildman–Crippen MR) is 83.3 cm³/mol. The number of aromatic nitrogens is 1. The van der Waals surface area contributed by atoms with E-state index in [-0.39, 0.29) is 17.4 Å². The molecule has 118 valence electrons. The van der Waals surface area contributed by atoms with E-state index in [1.807, 2.05) is 0 Å². The Morgan fingerprint density at radius 2 is 2.00 bits per heavy atom. The number of esters is 1. The number of halogens is 1. The number of carbonyl (C=O) groups is 1. The number of hydrogen-bond donors (Lipinski definition) is 1. The van der Waals surface area contributed by atoms with Crippen molar-refractivity contribution in [2.24, 2.45) is 0 Å². The molecule has 0 saturated carbocycles. The first kappa shape index (κ1) is 15.2. The van der Waals surface area contributed by atoms with Crippen molar-refractivity contribution in [3.05, 3.63) is 46.7 Å². The lowest BCUT2D eigenvalue weighted by molar-refractivity contribution is 0.0590. The van der Waals surface area contributed by atoms with Crippen molar-refractivity contribution in [2.45, 2.75) is 6.92 Å². The standard InChI is InChI=1S/C16H12ClNO5/c1-8-15-11(14(19)13(18-8)16(20)21-2)7-12(23-15)22-10-5-3-9(17)4-6-10/h3-7,19H,1-2H3. The minimum atomic E-state index is -0.728. The SMILES string of the molecule is COC(=O)c1nc(C)c2oc(Oc3ccc(Cl)cc3)cc2c1O. The zero-order valence-corrected chi connectivity index (χ0v) is 13.0. The molecular weight excluding hydrogens is 322 g/mol. The van der Waals surface area contributed by atoms with Gasteiger partial charge in [-0.1, -0.05) is 11.6 Å². The Kier molecular flexibility index (Phi) is 3.83. The summed E-state index contributed by atoms with van der Waals surface area (Å²) in [6.07, 6.45) is 0. The van der Waals surface area contributed by atoms with Gasteiger partial charge in [-0.05, 0) is 31.2 Å². The van der Waals surface area contributed by atoms with Crippen LogP contribution in [0.5, 0.6) is 17.4 Å². The number of aryl methyl sites for hydroxylation is 1. The van der Waals surface area contributed by atoms with E-state index in [1.54, 1.807) is 31.2 Å². The Bertz CT molecular complexity index is 886. The van der Waals surface area contributed by atoms with Crippen LogP contribution in [0.25, 0.3) is 11.0 Å². The number of hydrogen-bond acceptors (Lipinski definition) is 6. The number of methoxy groups -OCH3 is 1. The molecule has 0 unspecified atom stereocenters. The van der Waals surface area contributed by atoms with Crippen molar-refractivity contribution >= 4 is 28.5 Å². The highest BCUT2D eigenvalue weighted by molar-refractivity contribution is 6.30. The largest absolute Gasteiger partial charge is 0.505 e. The third-order valence-corrected chi connectivity index (χ3v) is 3.46. The first-order valence-corrected chi connectivity index (χ1v) is 7.02. The van der Waals surface area contributed by atoms with Crippen molar-refractivity contribution in [3.8, 4) is 17.4 Å². The number of pyridine rings is 1. The van der Waals surface area contributed by atoms with Crippen LogP contribution in [0, 0.1) is 6.92 Å². The van der Waals surface area contributed by atoms with Crippen LogP contribution in [-0.2, 0) is 4.74 Å². The van der Waals surface area contributed by atoms with Gasteiger partial charge in [0.25, 0.3) is 5.95 Å². The van der Waals surface area contributed by atoms with Crippen molar-refractivity contribution in [2.75, 3.05) is 7.11 Å². The average molecular weight is 334 g/mol. The maximum atomic E-state index is 11.6. The Morgan fingerprint density at radius 3 is 2.65 bits per heavy atom. The van der Waals surface area contributed by atoms with Crippen molar-refractivity contribution in [1.29, 1.82) is 0 Å². The Hall–Kier alpha value is -2.73. The van der Waals surface area contributed by atoms with Crippen LogP contribution in [-0.4, -0.2) is 23.2 Å². The van der Waals surface area contributed by atoms with Crippen molar-refractivity contribution in [3.63, 3.8) is 0 Å². The van der Waals surface area contributed by atoms with E-state index >= 15 is 0 Å². The molecule has 0 saturated heterocycles. The van der Waals surface area contributed by atoms with Crippen LogP contribution >= 0.6 is 11.6 Å². The molecule has 0 spiro atoms. The fraction of sp³-hybridized carbons (Fsp3) is 0.125. The fourth-order valence-corrected chi connectivity index (χ4v) is 2.25. The molecule has 23 heavy (non-hydrogen) atoms. The van der Waals surface area contributed by atoms with Gasteiger partial charge in [-0.3, -0.25) is 0 Å². The summed E-state index contributed by atoms with van der Waals surface area (Å²) >= 11 is 5.82. The fourth-order valence-electron chi connectivity index (χ4n) is 2.12. The maximum Gasteiger partial charge on any atom is 0.360 e. The first-order valence-electron chi connectivity index (χ1n) is 6.64. The van der Waals surface area contributed by atoms with Crippen LogP contribution in [0.1, 0.15) is 16.2 Å². The molecule has 0 aliphatic heterocycles. The number of carbonyl (C=O) groups excluding carboxylic acids is 1. The summed E-state index contributed by atoms with van der Waals surface area (Å²) in [6, 6.07) is 8.21. The minimum Gasteiger partial charge on any atom is -0.505 e. The molecule has 0 bridgehead atoms. The van der Waals surface area contributed by atoms with Crippen molar-refractivity contribution in [1.82, 2.24) is 4.98 Å². The van der Waals surface area contributed by atoms with E-state index < -0.39 is 5.97 Å². The summed E-state index contributed by atoms with van der Waals surface area (Å²) < 4.78 is 15.7. The monoisotopic (exact) mass is 333 g/mol. The van der Waals surface area contributed by atoms with Gasteiger partial charge in [0, 0.05) is 11.1 Å². The van der Waals surface area contributed by atoms with E-state index in [0.29, 0.717) is 27.4 Å². The van der Waals surface area contributed by atoms with Crippen LogP contribution in [0.2, 0.25) is 5.02 Å². The molecule has 6 nitrogen and oxygen atoms in total. The highest BCUT2D eigenvalue weighted by Crippen LogP contribution is 2.36. The quantitative estimate of drug-likeness (QED) is 0.727. The lowest BCUT2D eigenvalue weighted by Crippen LogP contribution is -2.05. The van der Waals surface area contributed by atoms with Crippen LogP contribution in [0.3, 0.4) is 0 Å². The van der Waals surface area contributed by atoms with E-state index in [9.17, 15) is 9.90 Å². The lowest BCUT2D eigenvalue weighted by Gasteiger charge is -2.03. The molecule has 2 heterocycles. The van der Waals surface area contributed by atoms with Gasteiger partial charge in [0.2, 0.25) is 0 Å². The van der Waals surface area contributed by atoms with Gasteiger partial charge in [-0.2, -0.15) is 0 Å². The van der Waals surface area contributed by atoms with Gasteiger partial charge in [0.05, 0.1) is 18.2 Å². The molecule has 0 fully saturated rings. The molecule has 2 aromatic heterocycles. The normalized spacial score (nSPS) is 10.7. The molecule has 3 rings (SSSR count). The zero-order chi connectivity index (χ0) is 16.6. The summed E-state index contributed by atoms with van der Waals surface area (Å²) in [5.74, 6) is -0.364. The van der Waals surface area contributed by atoms with Crippen LogP contribution in [0.15, 0.2) is 34.7 Å². The number of benzene rings is 1. The van der Waals surface area contributed by atoms with E-state index in [1.165, 1.54) is 13.2 Å². The molecule has 0 atom stereocenters. The first-order chi connectivity index (χ1) is 11.0. The second-order valence-corrected chi connectivity index (χ2v) is 5.19. The van der Waals surface area contributed by atoms with Crippen LogP contribution in [0.4, 0.5) is 0 Å². The summed E-state index contributed by atoms with van der Waals surface area (Å²) in [5.41, 5.74) is 0.597. The molecule has 1 N–H and O–H groups in total. The summed E-state index contributed by atoms with van der Waals surface area (Å²) in [6.45, 7) is 1.66. The zero-order valence-electron chi connectivity index (χ0n) is 12.3. The molecule has 0 aliphatic carbocycles. The molecule has 0 aliphatic rings. The van der Waals surface area contributed by atoms with Gasteiger partial charge < -0.3 is 19.0 Å². The third kappa shape index (κ3) is 2.80. The summed E-state index contributed by atoms with van der Waals surface area (Å²) in [5, 5.41) is 11.1. The Labute approximate surface area is 136 Å². The highest BCUT2D eigenvalue weighted by Gasteiger charge is 2.21. The van der Waals surface area contributed by atoms with E-state index in [0.717, 1.165) is 0 Å². The average Bonchev–Trinajstić information content (AvgIpc) is 2.97. The van der Waals surface area contributed by atoms with Gasteiger partial charge in [-0.25, -0.2) is 9.78 Å². The molecule has 0 radical (unpaired) electrons. The van der Waals surface area contributed by atoms with Crippen molar-refractivity contribution < 1.29 is 23.8 Å². The molecule has 1 aromatic carbocycles. The molecule has 3 aromatic rings. The maximum absolute atomic E-state index is 11.6. The molecule has 7 heteroatoms. The summed E-state index contributed by atoms with van der Waals surface area (Å²) in [7, 11) is 1.22. The second kappa shape index (κ2) is 5.81. The molecular formula is C16H12ClNO5. The number of furan rings is 1. The Balaban J connectivity index is 2.04. The van der Waals surface area contributed by atoms with E-state index in [4.69, 9.17) is 20.8 Å². The molecule has 0 amide bonds. The number of fused-ring (bicyclic) bond motifs is 1. The summed E-state index contributed by atoms with van der Waals surface area (Å²) in [4.78, 5) is 15.7. The third-order valence-electron chi connectivity index (χ3n) is 3.21. The van der Waals surface area contributed by atoms with Crippen LogP contribution < -0.4 is 4.74 Å². The second-order valence-electron chi connectivity index (χ2n) is 4.75. The topological polar surface area (TPSA) is 81.8 Å².